The molecule has 18 heavy (non-hydrogen) atoms. The lowest BCUT2D eigenvalue weighted by Crippen LogP contribution is -2.19. The quantitative estimate of drug-likeness (QED) is 0.812. The van der Waals surface area contributed by atoms with Crippen LogP contribution in [0.4, 0.5) is 5.69 Å². The van der Waals surface area contributed by atoms with E-state index < -0.39 is 6.10 Å². The zero-order valence-corrected chi connectivity index (χ0v) is 10.6. The van der Waals surface area contributed by atoms with Crippen molar-refractivity contribution in [2.75, 3.05) is 12.8 Å². The molecule has 1 aromatic carbocycles. The molecule has 1 aromatic heterocycles. The highest BCUT2D eigenvalue weighted by Gasteiger charge is 2.20. The van der Waals surface area contributed by atoms with Crippen molar-refractivity contribution in [2.45, 2.75) is 19.1 Å². The van der Waals surface area contributed by atoms with Gasteiger partial charge in [0.1, 0.15) is 6.10 Å². The molecule has 0 radical (unpaired) electrons. The van der Waals surface area contributed by atoms with Gasteiger partial charge in [-0.25, -0.2) is 0 Å². The van der Waals surface area contributed by atoms with Crippen molar-refractivity contribution in [1.82, 2.24) is 4.57 Å². The maximum absolute atomic E-state index is 9.74. The Balaban J connectivity index is 2.41. The van der Waals surface area contributed by atoms with E-state index in [2.05, 4.69) is 0 Å². The number of nitrogens with zero attached hydrogens (tertiary/aromatic N) is 1. The molecule has 1 heterocycles. The molecule has 2 aromatic rings. The lowest BCUT2D eigenvalue weighted by Gasteiger charge is -2.20. The average molecular weight is 246 g/mol. The molecule has 2 unspecified atom stereocenters. The third-order valence-corrected chi connectivity index (χ3v) is 2.94. The number of aromatic nitrogens is 1. The number of aliphatic hydroxyl groups is 1. The van der Waals surface area contributed by atoms with Gasteiger partial charge in [0.15, 0.2) is 0 Å². The summed E-state index contributed by atoms with van der Waals surface area (Å²) in [5.41, 5.74) is 8.31. The van der Waals surface area contributed by atoms with Gasteiger partial charge in [0, 0.05) is 24.7 Å². The topological polar surface area (TPSA) is 60.4 Å². The van der Waals surface area contributed by atoms with Crippen molar-refractivity contribution >= 4 is 5.69 Å². The maximum atomic E-state index is 9.74. The minimum Gasteiger partial charge on any atom is -0.399 e. The maximum Gasteiger partial charge on any atom is 0.123 e. The first kappa shape index (κ1) is 12.7. The summed E-state index contributed by atoms with van der Waals surface area (Å²) in [4.78, 5) is 0. The molecule has 96 valence electrons. The summed E-state index contributed by atoms with van der Waals surface area (Å²) in [7, 11) is 1.59. The number of nitrogen functional groups attached to an aromatic ring is 1. The van der Waals surface area contributed by atoms with Gasteiger partial charge in [-0.3, -0.25) is 0 Å². The van der Waals surface area contributed by atoms with Gasteiger partial charge in [-0.1, -0.05) is 0 Å². The highest BCUT2D eigenvalue weighted by molar-refractivity contribution is 5.46. The summed E-state index contributed by atoms with van der Waals surface area (Å²) in [6.07, 6.45) is 1.02. The molecule has 0 spiro atoms. The van der Waals surface area contributed by atoms with Crippen LogP contribution in [0.5, 0.6) is 0 Å². The van der Waals surface area contributed by atoms with Gasteiger partial charge in [0.25, 0.3) is 0 Å². The van der Waals surface area contributed by atoms with E-state index in [1.54, 1.807) is 14.0 Å². The lowest BCUT2D eigenvalue weighted by molar-refractivity contribution is -0.00687. The molecule has 0 bridgehead atoms. The molecule has 0 fully saturated rings. The molecule has 0 aliphatic rings. The molecular weight excluding hydrogens is 228 g/mol. The van der Waals surface area contributed by atoms with Gasteiger partial charge in [0.05, 0.1) is 11.8 Å². The second-order valence-electron chi connectivity index (χ2n) is 4.29. The summed E-state index contributed by atoms with van der Waals surface area (Å²) < 4.78 is 7.33. The van der Waals surface area contributed by atoms with E-state index in [4.69, 9.17) is 10.5 Å². The van der Waals surface area contributed by atoms with Crippen LogP contribution in [0, 0.1) is 0 Å². The van der Waals surface area contributed by atoms with Crippen molar-refractivity contribution in [3.63, 3.8) is 0 Å². The SMILES string of the molecule is COC(c1cccn1-c1ccc(N)cc1)C(C)O. The van der Waals surface area contributed by atoms with Crippen molar-refractivity contribution in [3.8, 4) is 5.69 Å². The largest absolute Gasteiger partial charge is 0.399 e. The van der Waals surface area contributed by atoms with E-state index in [9.17, 15) is 5.11 Å². The Morgan fingerprint density at radius 2 is 1.89 bits per heavy atom. The first-order chi connectivity index (χ1) is 8.63. The number of hydrogen-bond donors (Lipinski definition) is 2. The number of nitrogens with two attached hydrogens (primary N) is 1. The molecular formula is C14H18N2O2. The second kappa shape index (κ2) is 5.25. The third kappa shape index (κ3) is 2.39. The van der Waals surface area contributed by atoms with Gasteiger partial charge in [-0.05, 0) is 43.3 Å². The summed E-state index contributed by atoms with van der Waals surface area (Å²) in [6.45, 7) is 1.72. The van der Waals surface area contributed by atoms with Crippen LogP contribution >= 0.6 is 0 Å². The minimum absolute atomic E-state index is 0.349. The molecule has 2 atom stereocenters. The fourth-order valence-corrected chi connectivity index (χ4v) is 2.06. The zero-order chi connectivity index (χ0) is 13.1. The molecule has 2 rings (SSSR count). The summed E-state index contributed by atoms with van der Waals surface area (Å²) >= 11 is 0. The Kier molecular flexibility index (Phi) is 3.69. The Bertz CT molecular complexity index is 503. The van der Waals surface area contributed by atoms with Crippen LogP contribution < -0.4 is 5.73 Å². The van der Waals surface area contributed by atoms with E-state index in [1.807, 2.05) is 47.2 Å². The predicted octanol–water partition coefficient (Wildman–Crippen LogP) is 2.13. The third-order valence-electron chi connectivity index (χ3n) is 2.94. The van der Waals surface area contributed by atoms with Crippen LogP contribution in [-0.2, 0) is 4.74 Å². The molecule has 0 saturated heterocycles. The fraction of sp³-hybridized carbons (Fsp3) is 0.286. The van der Waals surface area contributed by atoms with Crippen LogP contribution in [0.2, 0.25) is 0 Å². The van der Waals surface area contributed by atoms with Crippen LogP contribution in [0.15, 0.2) is 42.6 Å². The molecule has 0 aliphatic heterocycles. The Hall–Kier alpha value is -1.78. The molecule has 4 heteroatoms. The van der Waals surface area contributed by atoms with Crippen LogP contribution in [0.1, 0.15) is 18.7 Å². The zero-order valence-electron chi connectivity index (χ0n) is 10.6. The first-order valence-corrected chi connectivity index (χ1v) is 5.87. The van der Waals surface area contributed by atoms with Crippen LogP contribution in [-0.4, -0.2) is 22.9 Å². The van der Waals surface area contributed by atoms with Crippen molar-refractivity contribution in [1.29, 1.82) is 0 Å². The second-order valence-corrected chi connectivity index (χ2v) is 4.29. The monoisotopic (exact) mass is 246 g/mol. The number of hydrogen-bond acceptors (Lipinski definition) is 3. The van der Waals surface area contributed by atoms with Gasteiger partial charge < -0.3 is 20.1 Å². The van der Waals surface area contributed by atoms with Gasteiger partial charge >= 0.3 is 0 Å². The fourth-order valence-electron chi connectivity index (χ4n) is 2.06. The average Bonchev–Trinajstić information content (AvgIpc) is 2.79. The molecule has 0 amide bonds. The Labute approximate surface area is 107 Å². The first-order valence-electron chi connectivity index (χ1n) is 5.87. The minimum atomic E-state index is -0.572. The Morgan fingerprint density at radius 1 is 1.22 bits per heavy atom. The lowest BCUT2D eigenvalue weighted by atomic mass is 10.1. The summed E-state index contributed by atoms with van der Waals surface area (Å²) in [5.74, 6) is 0. The van der Waals surface area contributed by atoms with Gasteiger partial charge in [-0.15, -0.1) is 0 Å². The van der Waals surface area contributed by atoms with E-state index in [0.29, 0.717) is 0 Å². The molecule has 0 saturated carbocycles. The van der Waals surface area contributed by atoms with Crippen molar-refractivity contribution in [3.05, 3.63) is 48.3 Å². The van der Waals surface area contributed by atoms with E-state index >= 15 is 0 Å². The standard InChI is InChI=1S/C14H18N2O2/c1-10(17)14(18-2)13-4-3-9-16(13)12-7-5-11(15)6-8-12/h3-10,14,17H,15H2,1-2H3. The van der Waals surface area contributed by atoms with E-state index in [0.717, 1.165) is 17.1 Å². The number of benzene rings is 1. The number of methoxy groups -OCH3 is 1. The number of ether oxygens (including phenoxy) is 1. The molecule has 0 aliphatic carbocycles. The molecule has 3 N–H and O–H groups in total. The van der Waals surface area contributed by atoms with Crippen LogP contribution in [0.3, 0.4) is 0 Å². The number of aliphatic hydroxyl groups excluding tert-OH is 1. The smallest absolute Gasteiger partial charge is 0.123 e. The number of anilines is 1. The van der Waals surface area contributed by atoms with Gasteiger partial charge in [-0.2, -0.15) is 0 Å². The highest BCUT2D eigenvalue weighted by Crippen LogP contribution is 2.24. The highest BCUT2D eigenvalue weighted by atomic mass is 16.5. The predicted molar refractivity (Wildman–Crippen MR) is 71.6 cm³/mol. The Morgan fingerprint density at radius 3 is 2.44 bits per heavy atom. The number of rotatable bonds is 4. The van der Waals surface area contributed by atoms with Gasteiger partial charge in [0.2, 0.25) is 0 Å². The summed E-state index contributed by atoms with van der Waals surface area (Å²) in [6, 6.07) is 11.4. The normalized spacial score (nSPS) is 14.4. The molecule has 4 nitrogen and oxygen atoms in total. The van der Waals surface area contributed by atoms with Crippen LogP contribution in [0.25, 0.3) is 5.69 Å². The van der Waals surface area contributed by atoms with E-state index in [-0.39, 0.29) is 6.10 Å². The van der Waals surface area contributed by atoms with E-state index in [1.165, 1.54) is 0 Å². The van der Waals surface area contributed by atoms with Crippen molar-refractivity contribution in [2.24, 2.45) is 0 Å². The summed E-state index contributed by atoms with van der Waals surface area (Å²) in [5, 5.41) is 9.74. The van der Waals surface area contributed by atoms with Crippen molar-refractivity contribution < 1.29 is 9.84 Å².